The van der Waals surface area contributed by atoms with Crippen molar-refractivity contribution in [3.05, 3.63) is 47.8 Å². The van der Waals surface area contributed by atoms with Gasteiger partial charge in [-0.15, -0.1) is 6.58 Å². The summed E-state index contributed by atoms with van der Waals surface area (Å²) in [6.07, 6.45) is 3.35. The van der Waals surface area contributed by atoms with Crippen LogP contribution >= 0.6 is 0 Å². The largest absolute Gasteiger partial charge is 0.324 e. The van der Waals surface area contributed by atoms with Crippen LogP contribution in [0.25, 0.3) is 0 Å². The second-order valence-electron chi connectivity index (χ2n) is 3.50. The lowest BCUT2D eigenvalue weighted by Crippen LogP contribution is -2.11. The molecule has 0 fully saturated rings. The molecule has 0 aliphatic rings. The number of hydrogen-bond acceptors (Lipinski definition) is 1. The first-order chi connectivity index (χ1) is 6.65. The van der Waals surface area contributed by atoms with Crippen molar-refractivity contribution in [1.29, 1.82) is 0 Å². The number of allylic oxidation sites excluding steroid dienone is 1. The van der Waals surface area contributed by atoms with Crippen LogP contribution in [0.3, 0.4) is 0 Å². The summed E-state index contributed by atoms with van der Waals surface area (Å²) in [5, 5.41) is 0. The molecule has 0 radical (unpaired) electrons. The molecule has 1 aromatic carbocycles. The Balaban J connectivity index is 2.82. The van der Waals surface area contributed by atoms with E-state index in [1.165, 1.54) is 6.07 Å². The van der Waals surface area contributed by atoms with Crippen LogP contribution in [0, 0.1) is 12.7 Å². The van der Waals surface area contributed by atoms with Crippen LogP contribution < -0.4 is 5.73 Å². The van der Waals surface area contributed by atoms with Crippen molar-refractivity contribution in [2.75, 3.05) is 0 Å². The van der Waals surface area contributed by atoms with Gasteiger partial charge in [-0.2, -0.15) is 0 Å². The average molecular weight is 193 g/mol. The summed E-state index contributed by atoms with van der Waals surface area (Å²) in [5.41, 5.74) is 7.50. The standard InChI is InChI=1S/C12H16FN/c1-3-4-5-12(14)10-8-9(2)6-7-11(10)13/h3,6-8,12H,1,4-5,14H2,2H3. The molecule has 1 atom stereocenters. The third kappa shape index (κ3) is 2.67. The Morgan fingerprint density at radius 2 is 2.29 bits per heavy atom. The van der Waals surface area contributed by atoms with Gasteiger partial charge in [0.15, 0.2) is 0 Å². The molecule has 14 heavy (non-hydrogen) atoms. The fourth-order valence-corrected chi connectivity index (χ4v) is 1.40. The van der Waals surface area contributed by atoms with E-state index in [1.54, 1.807) is 12.1 Å². The quantitative estimate of drug-likeness (QED) is 0.730. The predicted octanol–water partition coefficient (Wildman–Crippen LogP) is 3.10. The van der Waals surface area contributed by atoms with Crippen LogP contribution in [0.1, 0.15) is 30.0 Å². The second kappa shape index (κ2) is 4.91. The molecule has 0 bridgehead atoms. The molecule has 2 N–H and O–H groups in total. The van der Waals surface area contributed by atoms with Crippen LogP contribution in [0.5, 0.6) is 0 Å². The minimum Gasteiger partial charge on any atom is -0.324 e. The highest BCUT2D eigenvalue weighted by atomic mass is 19.1. The van der Waals surface area contributed by atoms with Gasteiger partial charge in [0.25, 0.3) is 0 Å². The zero-order chi connectivity index (χ0) is 10.6. The molecule has 0 saturated heterocycles. The summed E-state index contributed by atoms with van der Waals surface area (Å²) in [6.45, 7) is 5.55. The molecule has 1 aromatic rings. The van der Waals surface area contributed by atoms with Crippen molar-refractivity contribution >= 4 is 0 Å². The van der Waals surface area contributed by atoms with Gasteiger partial charge in [-0.25, -0.2) is 4.39 Å². The van der Waals surface area contributed by atoms with E-state index in [9.17, 15) is 4.39 Å². The summed E-state index contributed by atoms with van der Waals surface area (Å²) in [7, 11) is 0. The Hall–Kier alpha value is -1.15. The number of benzene rings is 1. The maximum absolute atomic E-state index is 13.3. The maximum Gasteiger partial charge on any atom is 0.127 e. The Morgan fingerprint density at radius 1 is 1.57 bits per heavy atom. The highest BCUT2D eigenvalue weighted by molar-refractivity contribution is 5.26. The lowest BCUT2D eigenvalue weighted by molar-refractivity contribution is 0.566. The molecule has 0 aliphatic heterocycles. The van der Waals surface area contributed by atoms with Crippen molar-refractivity contribution in [1.82, 2.24) is 0 Å². The van der Waals surface area contributed by atoms with Gasteiger partial charge in [0.1, 0.15) is 5.82 Å². The lowest BCUT2D eigenvalue weighted by Gasteiger charge is -2.12. The molecule has 76 valence electrons. The van der Waals surface area contributed by atoms with Gasteiger partial charge in [0.05, 0.1) is 0 Å². The molecule has 1 nitrogen and oxygen atoms in total. The third-order valence-electron chi connectivity index (χ3n) is 2.23. The summed E-state index contributed by atoms with van der Waals surface area (Å²) in [4.78, 5) is 0. The van der Waals surface area contributed by atoms with E-state index in [0.29, 0.717) is 5.56 Å². The van der Waals surface area contributed by atoms with Crippen molar-refractivity contribution < 1.29 is 4.39 Å². The van der Waals surface area contributed by atoms with Crippen molar-refractivity contribution in [3.8, 4) is 0 Å². The molecule has 0 aromatic heterocycles. The van der Waals surface area contributed by atoms with Gasteiger partial charge in [-0.3, -0.25) is 0 Å². The first-order valence-corrected chi connectivity index (χ1v) is 4.77. The summed E-state index contributed by atoms with van der Waals surface area (Å²) < 4.78 is 13.3. The van der Waals surface area contributed by atoms with Crippen LogP contribution in [-0.2, 0) is 0 Å². The first-order valence-electron chi connectivity index (χ1n) is 4.77. The van der Waals surface area contributed by atoms with Crippen LogP contribution in [-0.4, -0.2) is 0 Å². The van der Waals surface area contributed by atoms with E-state index >= 15 is 0 Å². The number of rotatable bonds is 4. The van der Waals surface area contributed by atoms with Crippen molar-refractivity contribution in [3.63, 3.8) is 0 Å². The Bertz CT molecular complexity index is 320. The summed E-state index contributed by atoms with van der Waals surface area (Å²) in [5.74, 6) is -0.216. The molecular formula is C12H16FN. The molecule has 0 spiro atoms. The summed E-state index contributed by atoms with van der Waals surface area (Å²) in [6, 6.07) is 4.80. The topological polar surface area (TPSA) is 26.0 Å². The molecule has 0 aliphatic carbocycles. The highest BCUT2D eigenvalue weighted by Crippen LogP contribution is 2.20. The molecular weight excluding hydrogens is 177 g/mol. The van der Waals surface area contributed by atoms with Crippen molar-refractivity contribution in [2.45, 2.75) is 25.8 Å². The van der Waals surface area contributed by atoms with Gasteiger partial charge in [0, 0.05) is 11.6 Å². The number of aryl methyl sites for hydroxylation is 1. The Morgan fingerprint density at radius 3 is 2.93 bits per heavy atom. The minimum absolute atomic E-state index is 0.216. The van der Waals surface area contributed by atoms with Gasteiger partial charge in [0.2, 0.25) is 0 Å². The fraction of sp³-hybridized carbons (Fsp3) is 0.333. The molecule has 0 saturated carbocycles. The average Bonchev–Trinajstić information content (AvgIpc) is 2.18. The third-order valence-corrected chi connectivity index (χ3v) is 2.23. The number of nitrogens with two attached hydrogens (primary N) is 1. The molecule has 1 unspecified atom stereocenters. The van der Waals surface area contributed by atoms with Crippen molar-refractivity contribution in [2.24, 2.45) is 5.73 Å². The zero-order valence-corrected chi connectivity index (χ0v) is 8.46. The van der Waals surface area contributed by atoms with Crippen LogP contribution in [0.15, 0.2) is 30.9 Å². The molecule has 0 heterocycles. The van der Waals surface area contributed by atoms with E-state index in [4.69, 9.17) is 5.73 Å². The van der Waals surface area contributed by atoms with E-state index < -0.39 is 0 Å². The first kappa shape index (κ1) is 10.9. The highest BCUT2D eigenvalue weighted by Gasteiger charge is 2.10. The normalized spacial score (nSPS) is 12.5. The summed E-state index contributed by atoms with van der Waals surface area (Å²) >= 11 is 0. The van der Waals surface area contributed by atoms with E-state index in [-0.39, 0.29) is 11.9 Å². The van der Waals surface area contributed by atoms with Gasteiger partial charge in [-0.05, 0) is 25.8 Å². The van der Waals surface area contributed by atoms with Gasteiger partial charge < -0.3 is 5.73 Å². The number of halogens is 1. The minimum atomic E-state index is -0.229. The molecule has 0 amide bonds. The molecule has 1 rings (SSSR count). The van der Waals surface area contributed by atoms with Crippen LogP contribution in [0.4, 0.5) is 4.39 Å². The van der Waals surface area contributed by atoms with Crippen LogP contribution in [0.2, 0.25) is 0 Å². The van der Waals surface area contributed by atoms with E-state index in [1.807, 2.05) is 13.0 Å². The van der Waals surface area contributed by atoms with E-state index in [2.05, 4.69) is 6.58 Å². The SMILES string of the molecule is C=CCCC(N)c1cc(C)ccc1F. The zero-order valence-electron chi connectivity index (χ0n) is 8.46. The van der Waals surface area contributed by atoms with Gasteiger partial charge in [-0.1, -0.05) is 23.8 Å². The number of hydrogen-bond donors (Lipinski definition) is 1. The lowest BCUT2D eigenvalue weighted by atomic mass is 10.0. The van der Waals surface area contributed by atoms with Gasteiger partial charge >= 0.3 is 0 Å². The predicted molar refractivity (Wildman–Crippen MR) is 57.5 cm³/mol. The fourth-order valence-electron chi connectivity index (χ4n) is 1.40. The second-order valence-corrected chi connectivity index (χ2v) is 3.50. The maximum atomic E-state index is 13.3. The molecule has 2 heteroatoms. The Kier molecular flexibility index (Phi) is 3.84. The monoisotopic (exact) mass is 193 g/mol. The van der Waals surface area contributed by atoms with E-state index in [0.717, 1.165) is 18.4 Å². The smallest absolute Gasteiger partial charge is 0.127 e. The Labute approximate surface area is 84.4 Å².